The van der Waals surface area contributed by atoms with Crippen molar-refractivity contribution >= 4 is 5.91 Å². The summed E-state index contributed by atoms with van der Waals surface area (Å²) in [5.41, 5.74) is -0.243. The molecule has 1 heterocycles. The third-order valence-electron chi connectivity index (χ3n) is 3.87. The Balaban J connectivity index is 2.07. The predicted molar refractivity (Wildman–Crippen MR) is 84.2 cm³/mol. The molecule has 0 bridgehead atoms. The molecule has 0 unspecified atom stereocenters. The number of carbonyl (C=O) groups excluding carboxylic acids is 1. The molecule has 22 heavy (non-hydrogen) atoms. The molecule has 1 aromatic rings. The van der Waals surface area contributed by atoms with E-state index in [1.165, 1.54) is 0 Å². The second-order valence-corrected chi connectivity index (χ2v) is 6.11. The van der Waals surface area contributed by atoms with Crippen molar-refractivity contribution in [2.24, 2.45) is 0 Å². The summed E-state index contributed by atoms with van der Waals surface area (Å²) in [7, 11) is 1.58. The number of ether oxygens (including phenoxy) is 2. The molecule has 5 heteroatoms. The van der Waals surface area contributed by atoms with E-state index in [0.717, 1.165) is 0 Å². The Hall–Kier alpha value is -1.59. The maximum absolute atomic E-state index is 12.7. The van der Waals surface area contributed by atoms with Crippen molar-refractivity contribution in [2.45, 2.75) is 38.4 Å². The van der Waals surface area contributed by atoms with Crippen LogP contribution in [0, 0.1) is 0 Å². The zero-order valence-electron chi connectivity index (χ0n) is 13.5. The molecular weight excluding hydrogens is 282 g/mol. The number of benzene rings is 1. The highest BCUT2D eigenvalue weighted by atomic mass is 16.5. The van der Waals surface area contributed by atoms with E-state index in [0.29, 0.717) is 43.9 Å². The highest BCUT2D eigenvalue weighted by molar-refractivity contribution is 5.97. The number of piperidine rings is 1. The number of methoxy groups -OCH3 is 1. The van der Waals surface area contributed by atoms with Crippen LogP contribution in [0.4, 0.5) is 0 Å². The molecule has 2 rings (SSSR count). The molecule has 122 valence electrons. The Kier molecular flexibility index (Phi) is 5.42. The molecule has 1 saturated heterocycles. The first kappa shape index (κ1) is 16.8. The first-order valence-electron chi connectivity index (χ1n) is 7.71. The van der Waals surface area contributed by atoms with Crippen LogP contribution in [-0.2, 0) is 4.74 Å². The maximum atomic E-state index is 12.7. The molecule has 0 radical (unpaired) electrons. The van der Waals surface area contributed by atoms with Crippen LogP contribution in [-0.4, -0.2) is 54.4 Å². The van der Waals surface area contributed by atoms with Crippen molar-refractivity contribution in [3.05, 3.63) is 29.8 Å². The van der Waals surface area contributed by atoms with Crippen LogP contribution >= 0.6 is 0 Å². The molecule has 0 aliphatic carbocycles. The zero-order chi connectivity index (χ0) is 16.2. The van der Waals surface area contributed by atoms with Gasteiger partial charge >= 0.3 is 0 Å². The van der Waals surface area contributed by atoms with E-state index < -0.39 is 5.60 Å². The van der Waals surface area contributed by atoms with Crippen LogP contribution in [0.1, 0.15) is 37.0 Å². The third kappa shape index (κ3) is 3.99. The van der Waals surface area contributed by atoms with Crippen molar-refractivity contribution in [3.63, 3.8) is 0 Å². The molecule has 0 aromatic heterocycles. The number of hydrogen-bond acceptors (Lipinski definition) is 4. The van der Waals surface area contributed by atoms with E-state index in [9.17, 15) is 9.90 Å². The van der Waals surface area contributed by atoms with Gasteiger partial charge in [-0.2, -0.15) is 0 Å². The fourth-order valence-corrected chi connectivity index (χ4v) is 2.71. The lowest BCUT2D eigenvalue weighted by molar-refractivity contribution is -0.0662. The largest absolute Gasteiger partial charge is 0.490 e. The number of likely N-dealkylation sites (tertiary alicyclic amines) is 1. The van der Waals surface area contributed by atoms with Gasteiger partial charge in [0.1, 0.15) is 5.75 Å². The SMILES string of the molecule is COCC1(O)CCN(C(=O)c2ccccc2OC(C)C)CC1. The van der Waals surface area contributed by atoms with E-state index >= 15 is 0 Å². The van der Waals surface area contributed by atoms with Gasteiger partial charge in [-0.15, -0.1) is 0 Å². The summed E-state index contributed by atoms with van der Waals surface area (Å²) in [5.74, 6) is 0.566. The molecule has 1 aliphatic rings. The Morgan fingerprint density at radius 3 is 2.55 bits per heavy atom. The second kappa shape index (κ2) is 7.11. The van der Waals surface area contributed by atoms with Crippen LogP contribution in [0.25, 0.3) is 0 Å². The van der Waals surface area contributed by atoms with E-state index in [4.69, 9.17) is 9.47 Å². The van der Waals surface area contributed by atoms with Gasteiger partial charge in [0.15, 0.2) is 0 Å². The maximum Gasteiger partial charge on any atom is 0.257 e. The van der Waals surface area contributed by atoms with E-state index in [1.807, 2.05) is 32.0 Å². The molecule has 0 atom stereocenters. The van der Waals surface area contributed by atoms with Crippen LogP contribution in [0.3, 0.4) is 0 Å². The lowest BCUT2D eigenvalue weighted by atomic mass is 9.92. The highest BCUT2D eigenvalue weighted by Crippen LogP contribution is 2.26. The first-order chi connectivity index (χ1) is 10.4. The van der Waals surface area contributed by atoms with E-state index in [2.05, 4.69) is 0 Å². The first-order valence-corrected chi connectivity index (χ1v) is 7.71. The van der Waals surface area contributed by atoms with E-state index in [1.54, 1.807) is 18.1 Å². The molecule has 1 amide bonds. The smallest absolute Gasteiger partial charge is 0.257 e. The fourth-order valence-electron chi connectivity index (χ4n) is 2.71. The van der Waals surface area contributed by atoms with Gasteiger partial charge in [-0.3, -0.25) is 4.79 Å². The Morgan fingerprint density at radius 1 is 1.32 bits per heavy atom. The summed E-state index contributed by atoms with van der Waals surface area (Å²) in [4.78, 5) is 14.5. The Morgan fingerprint density at radius 2 is 1.95 bits per heavy atom. The molecule has 1 aliphatic heterocycles. The monoisotopic (exact) mass is 307 g/mol. The van der Waals surface area contributed by atoms with Crippen molar-refractivity contribution in [3.8, 4) is 5.75 Å². The standard InChI is InChI=1S/C17H25NO4/c1-13(2)22-15-7-5-4-6-14(15)16(19)18-10-8-17(20,9-11-18)12-21-3/h4-7,13,20H,8-12H2,1-3H3. The summed E-state index contributed by atoms with van der Waals surface area (Å²) < 4.78 is 10.8. The predicted octanol–water partition coefficient (Wildman–Crippen LogP) is 2.09. The summed E-state index contributed by atoms with van der Waals surface area (Å²) in [5, 5.41) is 10.3. The average molecular weight is 307 g/mol. The molecule has 1 N–H and O–H groups in total. The molecule has 0 saturated carbocycles. The molecule has 5 nitrogen and oxygen atoms in total. The Bertz CT molecular complexity index is 507. The number of amides is 1. The number of hydrogen-bond donors (Lipinski definition) is 1. The topological polar surface area (TPSA) is 59.0 Å². The quantitative estimate of drug-likeness (QED) is 0.905. The second-order valence-electron chi connectivity index (χ2n) is 6.11. The Labute approximate surface area is 131 Å². The van der Waals surface area contributed by atoms with Gasteiger partial charge in [0, 0.05) is 20.2 Å². The summed E-state index contributed by atoms with van der Waals surface area (Å²) in [6.07, 6.45) is 1.07. The number of nitrogens with zero attached hydrogens (tertiary/aromatic N) is 1. The van der Waals surface area contributed by atoms with Gasteiger partial charge in [-0.1, -0.05) is 12.1 Å². The molecule has 0 spiro atoms. The van der Waals surface area contributed by atoms with Crippen LogP contribution in [0.15, 0.2) is 24.3 Å². The lowest BCUT2D eigenvalue weighted by Crippen LogP contribution is -2.48. The number of rotatable bonds is 5. The van der Waals surface area contributed by atoms with Crippen molar-refractivity contribution < 1.29 is 19.4 Å². The van der Waals surface area contributed by atoms with Gasteiger partial charge < -0.3 is 19.5 Å². The van der Waals surface area contributed by atoms with Crippen molar-refractivity contribution in [2.75, 3.05) is 26.8 Å². The molecule has 1 fully saturated rings. The lowest BCUT2D eigenvalue weighted by Gasteiger charge is -2.37. The zero-order valence-corrected chi connectivity index (χ0v) is 13.5. The van der Waals surface area contributed by atoms with E-state index in [-0.39, 0.29) is 12.0 Å². The highest BCUT2D eigenvalue weighted by Gasteiger charge is 2.34. The minimum Gasteiger partial charge on any atom is -0.490 e. The van der Waals surface area contributed by atoms with Gasteiger partial charge in [-0.05, 0) is 38.8 Å². The van der Waals surface area contributed by atoms with Crippen molar-refractivity contribution in [1.29, 1.82) is 0 Å². The summed E-state index contributed by atoms with van der Waals surface area (Å²) in [6.45, 7) is 5.23. The fraction of sp³-hybridized carbons (Fsp3) is 0.588. The van der Waals surface area contributed by atoms with Crippen molar-refractivity contribution in [1.82, 2.24) is 4.90 Å². The third-order valence-corrected chi connectivity index (χ3v) is 3.87. The summed E-state index contributed by atoms with van der Waals surface area (Å²) in [6, 6.07) is 7.31. The van der Waals surface area contributed by atoms with Crippen LogP contribution in [0.2, 0.25) is 0 Å². The molecule has 1 aromatic carbocycles. The van der Waals surface area contributed by atoms with Crippen LogP contribution in [0.5, 0.6) is 5.75 Å². The van der Waals surface area contributed by atoms with Gasteiger partial charge in [0.2, 0.25) is 0 Å². The molecular formula is C17H25NO4. The minimum absolute atomic E-state index is 0.0158. The number of aliphatic hydroxyl groups is 1. The normalized spacial score (nSPS) is 17.6. The number of carbonyl (C=O) groups is 1. The van der Waals surface area contributed by atoms with Crippen LogP contribution < -0.4 is 4.74 Å². The summed E-state index contributed by atoms with van der Waals surface area (Å²) >= 11 is 0. The number of para-hydroxylation sites is 1. The van der Waals surface area contributed by atoms with Gasteiger partial charge in [-0.25, -0.2) is 0 Å². The van der Waals surface area contributed by atoms with Gasteiger partial charge in [0.25, 0.3) is 5.91 Å². The average Bonchev–Trinajstić information content (AvgIpc) is 2.47. The van der Waals surface area contributed by atoms with Gasteiger partial charge in [0.05, 0.1) is 23.9 Å². The minimum atomic E-state index is -0.820.